The third-order valence-electron chi connectivity index (χ3n) is 4.59. The first-order chi connectivity index (χ1) is 12.1. The quantitative estimate of drug-likeness (QED) is 0.772. The summed E-state index contributed by atoms with van der Waals surface area (Å²) in [5.74, 6) is -0.0353. The summed E-state index contributed by atoms with van der Waals surface area (Å²) in [7, 11) is 0. The molecular weight excluding hydrogens is 314 g/mol. The molecule has 3 heterocycles. The smallest absolute Gasteiger partial charge is 0.241 e. The topological polar surface area (TPSA) is 71.8 Å². The largest absolute Gasteiger partial charge is 0.323 e. The molecule has 6 nitrogen and oxygen atoms in total. The summed E-state index contributed by atoms with van der Waals surface area (Å²) in [6, 6.07) is 10.2. The van der Waals surface area contributed by atoms with E-state index in [-0.39, 0.29) is 18.0 Å². The van der Waals surface area contributed by atoms with Crippen molar-refractivity contribution in [3.8, 4) is 0 Å². The molecule has 2 aromatic heterocycles. The van der Waals surface area contributed by atoms with Crippen LogP contribution in [0.15, 0.2) is 42.7 Å². The first-order valence-corrected chi connectivity index (χ1v) is 8.56. The summed E-state index contributed by atoms with van der Waals surface area (Å²) in [6.07, 6.45) is 4.17. The molecule has 0 bridgehead atoms. The molecule has 1 amide bonds. The van der Waals surface area contributed by atoms with Gasteiger partial charge in [-0.05, 0) is 37.5 Å². The fraction of sp³-hybridized carbons (Fsp3) is 0.316. The lowest BCUT2D eigenvalue weighted by Gasteiger charge is -2.25. The van der Waals surface area contributed by atoms with E-state index in [1.807, 2.05) is 22.9 Å². The van der Waals surface area contributed by atoms with Gasteiger partial charge in [-0.3, -0.25) is 4.79 Å². The Labute approximate surface area is 146 Å². The van der Waals surface area contributed by atoms with Gasteiger partial charge >= 0.3 is 0 Å². The van der Waals surface area contributed by atoms with Crippen molar-refractivity contribution < 1.29 is 4.79 Å². The number of aromatic nitrogens is 3. The van der Waals surface area contributed by atoms with Crippen LogP contribution in [-0.4, -0.2) is 26.7 Å². The Morgan fingerprint density at radius 1 is 1.28 bits per heavy atom. The standard InChI is InChI=1S/C19H21N5O/c1-12(2)24-18-15(10-22-24)7-16(11-21-18)23-19(25)17-8-13-5-3-4-6-14(13)9-20-17/h3-7,10-12,17,20H,8-9H2,1-2H3,(H,23,25)/t17-/m0/s1. The molecule has 1 aliphatic heterocycles. The number of carbonyl (C=O) groups excluding carboxylic acids is 1. The highest BCUT2D eigenvalue weighted by molar-refractivity contribution is 5.96. The van der Waals surface area contributed by atoms with E-state index in [9.17, 15) is 4.79 Å². The molecule has 2 N–H and O–H groups in total. The highest BCUT2D eigenvalue weighted by atomic mass is 16.2. The molecular formula is C19H21N5O. The fourth-order valence-corrected chi connectivity index (χ4v) is 3.26. The molecule has 1 atom stereocenters. The van der Waals surface area contributed by atoms with Crippen molar-refractivity contribution in [2.75, 3.05) is 5.32 Å². The Bertz CT molecular complexity index is 930. The minimum atomic E-state index is -0.232. The Hall–Kier alpha value is -2.73. The van der Waals surface area contributed by atoms with Gasteiger partial charge in [0.2, 0.25) is 5.91 Å². The van der Waals surface area contributed by atoms with Gasteiger partial charge < -0.3 is 10.6 Å². The molecule has 6 heteroatoms. The number of carbonyl (C=O) groups is 1. The Morgan fingerprint density at radius 2 is 2.08 bits per heavy atom. The molecule has 3 aromatic rings. The molecule has 0 spiro atoms. The molecule has 0 saturated carbocycles. The average Bonchev–Trinajstić information content (AvgIpc) is 3.04. The Kier molecular flexibility index (Phi) is 3.97. The van der Waals surface area contributed by atoms with E-state index in [1.165, 1.54) is 11.1 Å². The van der Waals surface area contributed by atoms with Crippen molar-refractivity contribution in [1.82, 2.24) is 20.1 Å². The highest BCUT2D eigenvalue weighted by Gasteiger charge is 2.24. The summed E-state index contributed by atoms with van der Waals surface area (Å²) in [4.78, 5) is 17.1. The summed E-state index contributed by atoms with van der Waals surface area (Å²) in [5, 5.41) is 11.6. The number of nitrogens with zero attached hydrogens (tertiary/aromatic N) is 3. The van der Waals surface area contributed by atoms with Crippen LogP contribution in [0, 0.1) is 0 Å². The lowest BCUT2D eigenvalue weighted by Crippen LogP contribution is -2.44. The van der Waals surface area contributed by atoms with Gasteiger partial charge in [-0.2, -0.15) is 5.10 Å². The number of pyridine rings is 1. The number of benzene rings is 1. The predicted molar refractivity (Wildman–Crippen MR) is 97.3 cm³/mol. The van der Waals surface area contributed by atoms with Crippen LogP contribution in [0.25, 0.3) is 11.0 Å². The fourth-order valence-electron chi connectivity index (χ4n) is 3.26. The van der Waals surface area contributed by atoms with E-state index in [1.54, 1.807) is 12.4 Å². The predicted octanol–water partition coefficient (Wildman–Crippen LogP) is 2.67. The SMILES string of the molecule is CC(C)n1ncc2cc(NC(=O)[C@@H]3Cc4ccccc4CN3)cnc21. The second kappa shape index (κ2) is 6.29. The maximum Gasteiger partial charge on any atom is 0.241 e. The number of hydrogen-bond donors (Lipinski definition) is 2. The number of nitrogens with one attached hydrogen (secondary N) is 2. The molecule has 1 aromatic carbocycles. The zero-order valence-electron chi connectivity index (χ0n) is 14.4. The first kappa shape index (κ1) is 15.8. The molecule has 4 rings (SSSR count). The summed E-state index contributed by atoms with van der Waals surface area (Å²) < 4.78 is 1.88. The highest BCUT2D eigenvalue weighted by Crippen LogP contribution is 2.20. The average molecular weight is 335 g/mol. The van der Waals surface area contributed by atoms with Crippen LogP contribution in [0.4, 0.5) is 5.69 Å². The van der Waals surface area contributed by atoms with Crippen LogP contribution < -0.4 is 10.6 Å². The first-order valence-electron chi connectivity index (χ1n) is 8.56. The van der Waals surface area contributed by atoms with E-state index in [0.29, 0.717) is 18.7 Å². The van der Waals surface area contributed by atoms with Crippen molar-refractivity contribution in [3.05, 3.63) is 53.9 Å². The summed E-state index contributed by atoms with van der Waals surface area (Å²) >= 11 is 0. The molecule has 0 radical (unpaired) electrons. The van der Waals surface area contributed by atoms with Crippen LogP contribution in [0.5, 0.6) is 0 Å². The summed E-state index contributed by atoms with van der Waals surface area (Å²) in [5.41, 5.74) is 4.02. The van der Waals surface area contributed by atoms with Crippen LogP contribution in [-0.2, 0) is 17.8 Å². The number of fused-ring (bicyclic) bond motifs is 2. The van der Waals surface area contributed by atoms with E-state index < -0.39 is 0 Å². The molecule has 0 fully saturated rings. The number of amides is 1. The third kappa shape index (κ3) is 3.00. The molecule has 0 aliphatic carbocycles. The van der Waals surface area contributed by atoms with E-state index in [2.05, 4.69) is 46.7 Å². The lowest BCUT2D eigenvalue weighted by molar-refractivity contribution is -0.118. The van der Waals surface area contributed by atoms with Gasteiger partial charge in [0.15, 0.2) is 5.65 Å². The number of anilines is 1. The van der Waals surface area contributed by atoms with Crippen molar-refractivity contribution in [1.29, 1.82) is 0 Å². The maximum absolute atomic E-state index is 12.6. The molecule has 25 heavy (non-hydrogen) atoms. The lowest BCUT2D eigenvalue weighted by atomic mass is 9.95. The maximum atomic E-state index is 12.6. The van der Waals surface area contributed by atoms with Crippen LogP contribution >= 0.6 is 0 Å². The van der Waals surface area contributed by atoms with Crippen LogP contribution in [0.3, 0.4) is 0 Å². The van der Waals surface area contributed by atoms with Gasteiger partial charge in [0, 0.05) is 18.0 Å². The zero-order valence-corrected chi connectivity index (χ0v) is 14.4. The van der Waals surface area contributed by atoms with E-state index in [4.69, 9.17) is 0 Å². The van der Waals surface area contributed by atoms with E-state index in [0.717, 1.165) is 11.0 Å². The third-order valence-corrected chi connectivity index (χ3v) is 4.59. The van der Waals surface area contributed by atoms with Gasteiger partial charge in [0.05, 0.1) is 24.1 Å². The minimum absolute atomic E-state index is 0.0353. The normalized spacial score (nSPS) is 16.8. The Balaban J connectivity index is 1.50. The van der Waals surface area contributed by atoms with Gasteiger partial charge in [0.1, 0.15) is 0 Å². The minimum Gasteiger partial charge on any atom is -0.323 e. The van der Waals surface area contributed by atoms with E-state index >= 15 is 0 Å². The van der Waals surface area contributed by atoms with Crippen molar-refractivity contribution in [2.24, 2.45) is 0 Å². The molecule has 128 valence electrons. The second-order valence-corrected chi connectivity index (χ2v) is 6.72. The van der Waals surface area contributed by atoms with Crippen molar-refractivity contribution in [2.45, 2.75) is 38.9 Å². The van der Waals surface area contributed by atoms with Gasteiger partial charge in [-0.25, -0.2) is 9.67 Å². The molecule has 0 saturated heterocycles. The number of hydrogen-bond acceptors (Lipinski definition) is 4. The Morgan fingerprint density at radius 3 is 2.88 bits per heavy atom. The van der Waals surface area contributed by atoms with Gasteiger partial charge in [-0.15, -0.1) is 0 Å². The molecule has 0 unspecified atom stereocenters. The zero-order chi connectivity index (χ0) is 17.4. The van der Waals surface area contributed by atoms with Crippen molar-refractivity contribution in [3.63, 3.8) is 0 Å². The van der Waals surface area contributed by atoms with Gasteiger partial charge in [0.25, 0.3) is 0 Å². The van der Waals surface area contributed by atoms with Crippen LogP contribution in [0.1, 0.15) is 31.0 Å². The monoisotopic (exact) mass is 335 g/mol. The number of rotatable bonds is 3. The summed E-state index contributed by atoms with van der Waals surface area (Å²) in [6.45, 7) is 4.85. The van der Waals surface area contributed by atoms with Crippen molar-refractivity contribution >= 4 is 22.6 Å². The second-order valence-electron chi connectivity index (χ2n) is 6.72. The van der Waals surface area contributed by atoms with Gasteiger partial charge in [-0.1, -0.05) is 24.3 Å². The van der Waals surface area contributed by atoms with Crippen LogP contribution in [0.2, 0.25) is 0 Å². The molecule has 1 aliphatic rings.